The maximum atomic E-state index is 11.7. The minimum Gasteiger partial charge on any atom is -0.282 e. The second-order valence-electron chi connectivity index (χ2n) is 3.27. The summed E-state index contributed by atoms with van der Waals surface area (Å²) in [5.41, 5.74) is 0.0897. The molecule has 7 heteroatoms. The second kappa shape index (κ2) is 4.42. The van der Waals surface area contributed by atoms with Gasteiger partial charge in [0.05, 0.1) is 22.6 Å². The summed E-state index contributed by atoms with van der Waals surface area (Å²) < 4.78 is 47.7. The van der Waals surface area contributed by atoms with Crippen molar-refractivity contribution in [1.82, 2.24) is 0 Å². The molecule has 0 heterocycles. The fourth-order valence-corrected chi connectivity index (χ4v) is 2.87. The first kappa shape index (κ1) is 13.0. The molecule has 0 radical (unpaired) electrons. The number of hydrogen-bond donors (Lipinski definition) is 1. The van der Waals surface area contributed by atoms with Gasteiger partial charge >= 0.3 is 0 Å². The quantitative estimate of drug-likeness (QED) is 0.873. The molecular weight excluding hydrogens is 250 g/mol. The molecule has 0 amide bonds. The Morgan fingerprint density at radius 2 is 1.69 bits per heavy atom. The molecule has 0 aliphatic rings. The van der Waals surface area contributed by atoms with Crippen LogP contribution in [0.15, 0.2) is 29.2 Å². The van der Waals surface area contributed by atoms with E-state index in [0.29, 0.717) is 0 Å². The zero-order chi connectivity index (χ0) is 12.4. The van der Waals surface area contributed by atoms with E-state index in [-0.39, 0.29) is 16.3 Å². The largest absolute Gasteiger partial charge is 0.282 e. The average Bonchev–Trinajstić information content (AvgIpc) is 2.16. The number of rotatable bonds is 4. The van der Waals surface area contributed by atoms with Crippen LogP contribution in [0.3, 0.4) is 0 Å². The van der Waals surface area contributed by atoms with Crippen molar-refractivity contribution in [2.24, 2.45) is 0 Å². The Morgan fingerprint density at radius 3 is 2.19 bits per heavy atom. The zero-order valence-corrected chi connectivity index (χ0v) is 10.6. The molecule has 0 fully saturated rings. The molecule has 16 heavy (non-hydrogen) atoms. The van der Waals surface area contributed by atoms with E-state index in [4.69, 9.17) is 0 Å². The molecule has 1 aromatic rings. The molecule has 90 valence electrons. The van der Waals surface area contributed by atoms with E-state index in [0.717, 1.165) is 6.26 Å². The Bertz CT molecular complexity index is 575. The number of anilines is 1. The second-order valence-corrected chi connectivity index (χ2v) is 7.27. The van der Waals surface area contributed by atoms with E-state index < -0.39 is 19.9 Å². The number of sulfonamides is 1. The van der Waals surface area contributed by atoms with Gasteiger partial charge in [0.2, 0.25) is 10.0 Å². The van der Waals surface area contributed by atoms with Gasteiger partial charge in [-0.3, -0.25) is 4.72 Å². The lowest BCUT2D eigenvalue weighted by molar-refractivity contribution is 0.597. The van der Waals surface area contributed by atoms with Crippen LogP contribution in [-0.2, 0) is 19.9 Å². The predicted octanol–water partition coefficient (Wildman–Crippen LogP) is 0.852. The molecule has 1 aromatic carbocycles. The van der Waals surface area contributed by atoms with Crippen molar-refractivity contribution in [2.75, 3.05) is 16.7 Å². The molecule has 0 aliphatic carbocycles. The van der Waals surface area contributed by atoms with Crippen molar-refractivity contribution in [3.05, 3.63) is 24.3 Å². The third-order valence-electron chi connectivity index (χ3n) is 1.90. The molecule has 0 bridgehead atoms. The minimum absolute atomic E-state index is 0.00271. The van der Waals surface area contributed by atoms with Crippen molar-refractivity contribution in [1.29, 1.82) is 0 Å². The molecular formula is C9H13NO4S2. The monoisotopic (exact) mass is 263 g/mol. The highest BCUT2D eigenvalue weighted by molar-refractivity contribution is 7.92. The Hall–Kier alpha value is -1.08. The van der Waals surface area contributed by atoms with E-state index in [2.05, 4.69) is 4.72 Å². The Labute approximate surface area is 95.5 Å². The molecule has 0 atom stereocenters. The summed E-state index contributed by atoms with van der Waals surface area (Å²) in [5, 5.41) is 0. The third kappa shape index (κ3) is 3.21. The van der Waals surface area contributed by atoms with Gasteiger partial charge in [0.25, 0.3) is 0 Å². The van der Waals surface area contributed by atoms with Crippen LogP contribution in [0.5, 0.6) is 0 Å². The number of sulfone groups is 1. The van der Waals surface area contributed by atoms with Gasteiger partial charge in [-0.1, -0.05) is 19.1 Å². The summed E-state index contributed by atoms with van der Waals surface area (Å²) >= 11 is 0. The van der Waals surface area contributed by atoms with Gasteiger partial charge in [0.1, 0.15) is 0 Å². The van der Waals surface area contributed by atoms with Gasteiger partial charge in [-0.05, 0) is 12.1 Å². The molecule has 0 aromatic heterocycles. The third-order valence-corrected chi connectivity index (χ3v) is 4.27. The van der Waals surface area contributed by atoms with Crippen molar-refractivity contribution in [2.45, 2.75) is 11.8 Å². The Kier molecular flexibility index (Phi) is 3.59. The summed E-state index contributed by atoms with van der Waals surface area (Å²) in [6.07, 6.45) is 0.975. The van der Waals surface area contributed by atoms with Crippen LogP contribution in [0.4, 0.5) is 5.69 Å². The van der Waals surface area contributed by atoms with Crippen LogP contribution in [-0.4, -0.2) is 28.8 Å². The number of para-hydroxylation sites is 1. The fourth-order valence-electron chi connectivity index (χ4n) is 1.18. The molecule has 0 aliphatic heterocycles. The highest BCUT2D eigenvalue weighted by Gasteiger charge is 2.17. The van der Waals surface area contributed by atoms with Crippen LogP contribution < -0.4 is 4.72 Å². The van der Waals surface area contributed by atoms with E-state index in [1.807, 2.05) is 0 Å². The van der Waals surface area contributed by atoms with Crippen LogP contribution >= 0.6 is 0 Å². The molecule has 0 spiro atoms. The van der Waals surface area contributed by atoms with E-state index in [1.165, 1.54) is 19.1 Å². The maximum absolute atomic E-state index is 11.7. The maximum Gasteiger partial charge on any atom is 0.229 e. The molecule has 0 saturated carbocycles. The minimum atomic E-state index is -3.48. The lowest BCUT2D eigenvalue weighted by atomic mass is 10.3. The predicted molar refractivity (Wildman–Crippen MR) is 62.6 cm³/mol. The molecule has 0 saturated heterocycles. The van der Waals surface area contributed by atoms with Crippen LogP contribution in [0.2, 0.25) is 0 Å². The number of hydrogen-bond acceptors (Lipinski definition) is 4. The van der Waals surface area contributed by atoms with Gasteiger partial charge in [-0.15, -0.1) is 0 Å². The highest BCUT2D eigenvalue weighted by Crippen LogP contribution is 2.22. The van der Waals surface area contributed by atoms with Gasteiger partial charge < -0.3 is 0 Å². The highest BCUT2D eigenvalue weighted by atomic mass is 32.2. The Morgan fingerprint density at radius 1 is 1.12 bits per heavy atom. The summed E-state index contributed by atoms with van der Waals surface area (Å²) in [6.45, 7) is 1.51. The summed E-state index contributed by atoms with van der Waals surface area (Å²) in [4.78, 5) is 0.00271. The first-order valence-corrected chi connectivity index (χ1v) is 8.10. The normalized spacial score (nSPS) is 12.4. The fraction of sp³-hybridized carbons (Fsp3) is 0.333. The lowest BCUT2D eigenvalue weighted by Crippen LogP contribution is -2.14. The molecule has 5 nitrogen and oxygen atoms in total. The van der Waals surface area contributed by atoms with Crippen LogP contribution in [0, 0.1) is 0 Å². The summed E-state index contributed by atoms with van der Waals surface area (Å²) in [7, 11) is -6.91. The van der Waals surface area contributed by atoms with Gasteiger partial charge in [0, 0.05) is 0 Å². The summed E-state index contributed by atoms with van der Waals surface area (Å²) in [5.74, 6) is -0.0740. The van der Waals surface area contributed by atoms with E-state index >= 15 is 0 Å². The molecule has 1 rings (SSSR count). The van der Waals surface area contributed by atoms with Crippen molar-refractivity contribution < 1.29 is 16.8 Å². The standard InChI is InChI=1S/C9H13NO4S2/c1-3-16(13,14)9-7-5-4-6-8(9)10-15(2,11)12/h4-7,10H,3H2,1-2H3. The zero-order valence-electron chi connectivity index (χ0n) is 8.97. The van der Waals surface area contributed by atoms with Crippen molar-refractivity contribution in [3.8, 4) is 0 Å². The van der Waals surface area contributed by atoms with Gasteiger partial charge in [-0.2, -0.15) is 0 Å². The van der Waals surface area contributed by atoms with Gasteiger partial charge in [-0.25, -0.2) is 16.8 Å². The van der Waals surface area contributed by atoms with Crippen LogP contribution in [0.25, 0.3) is 0 Å². The van der Waals surface area contributed by atoms with Crippen molar-refractivity contribution in [3.63, 3.8) is 0 Å². The average molecular weight is 263 g/mol. The SMILES string of the molecule is CCS(=O)(=O)c1ccccc1NS(C)(=O)=O. The molecule has 1 N–H and O–H groups in total. The van der Waals surface area contributed by atoms with Crippen molar-refractivity contribution >= 4 is 25.5 Å². The molecule has 0 unspecified atom stereocenters. The smallest absolute Gasteiger partial charge is 0.229 e. The first-order chi connectivity index (χ1) is 7.26. The first-order valence-electron chi connectivity index (χ1n) is 4.56. The lowest BCUT2D eigenvalue weighted by Gasteiger charge is -2.09. The number of benzene rings is 1. The van der Waals surface area contributed by atoms with E-state index in [1.54, 1.807) is 12.1 Å². The number of nitrogens with one attached hydrogen (secondary N) is 1. The summed E-state index contributed by atoms with van der Waals surface area (Å²) in [6, 6.07) is 5.92. The topological polar surface area (TPSA) is 80.3 Å². The van der Waals surface area contributed by atoms with Gasteiger partial charge in [0.15, 0.2) is 9.84 Å². The van der Waals surface area contributed by atoms with E-state index in [9.17, 15) is 16.8 Å². The Balaban J connectivity index is 3.32. The van der Waals surface area contributed by atoms with Crippen LogP contribution in [0.1, 0.15) is 6.92 Å².